The van der Waals surface area contributed by atoms with Crippen molar-refractivity contribution in [2.45, 2.75) is 27.7 Å². The van der Waals surface area contributed by atoms with E-state index in [9.17, 15) is 9.59 Å². The summed E-state index contributed by atoms with van der Waals surface area (Å²) in [5.41, 5.74) is 0.521. The van der Waals surface area contributed by atoms with Gasteiger partial charge in [-0.2, -0.15) is 0 Å². The van der Waals surface area contributed by atoms with Crippen LogP contribution in [-0.4, -0.2) is 48.3 Å². The SMILES string of the molecule is CCN(CC)C(=O)CN(C)C(=O)c1cc(C)oc1C. The molecule has 19 heavy (non-hydrogen) atoms. The first-order chi connectivity index (χ1) is 8.90. The third kappa shape index (κ3) is 3.59. The average Bonchev–Trinajstić information content (AvgIpc) is 2.68. The van der Waals surface area contributed by atoms with Gasteiger partial charge in [0.25, 0.3) is 5.91 Å². The highest BCUT2D eigenvalue weighted by Crippen LogP contribution is 2.15. The summed E-state index contributed by atoms with van der Waals surface area (Å²) >= 11 is 0. The molecule has 0 aliphatic heterocycles. The lowest BCUT2D eigenvalue weighted by Crippen LogP contribution is -2.41. The fourth-order valence-electron chi connectivity index (χ4n) is 2.00. The molecule has 5 heteroatoms. The van der Waals surface area contributed by atoms with Crippen LogP contribution in [0.15, 0.2) is 10.5 Å². The number of rotatable bonds is 5. The van der Waals surface area contributed by atoms with Gasteiger partial charge >= 0.3 is 0 Å². The first-order valence-electron chi connectivity index (χ1n) is 6.50. The molecule has 106 valence electrons. The molecule has 1 aromatic rings. The Morgan fingerprint density at radius 2 is 1.79 bits per heavy atom. The van der Waals surface area contributed by atoms with Crippen molar-refractivity contribution >= 4 is 11.8 Å². The van der Waals surface area contributed by atoms with Gasteiger partial charge in [-0.15, -0.1) is 0 Å². The molecule has 0 aromatic carbocycles. The molecule has 0 aliphatic carbocycles. The molecule has 0 atom stereocenters. The van der Waals surface area contributed by atoms with Crippen LogP contribution in [0.4, 0.5) is 0 Å². The van der Waals surface area contributed by atoms with Gasteiger partial charge in [0, 0.05) is 20.1 Å². The Balaban J connectivity index is 2.73. The maximum atomic E-state index is 12.2. The van der Waals surface area contributed by atoms with Gasteiger partial charge in [0.05, 0.1) is 12.1 Å². The molecule has 0 bridgehead atoms. The molecule has 1 rings (SSSR count). The molecule has 0 unspecified atom stereocenters. The highest BCUT2D eigenvalue weighted by Gasteiger charge is 2.21. The second-order valence-electron chi connectivity index (χ2n) is 4.55. The van der Waals surface area contributed by atoms with Gasteiger partial charge < -0.3 is 14.2 Å². The number of likely N-dealkylation sites (N-methyl/N-ethyl adjacent to an activating group) is 2. The molecule has 2 amide bonds. The van der Waals surface area contributed by atoms with Gasteiger partial charge in [-0.1, -0.05) is 0 Å². The zero-order valence-corrected chi connectivity index (χ0v) is 12.3. The molecular formula is C14H22N2O3. The molecule has 0 fully saturated rings. The molecule has 0 aliphatic rings. The van der Waals surface area contributed by atoms with Crippen molar-refractivity contribution in [1.82, 2.24) is 9.80 Å². The monoisotopic (exact) mass is 266 g/mol. The average molecular weight is 266 g/mol. The molecule has 0 radical (unpaired) electrons. The fourth-order valence-corrected chi connectivity index (χ4v) is 2.00. The van der Waals surface area contributed by atoms with E-state index < -0.39 is 0 Å². The van der Waals surface area contributed by atoms with E-state index in [1.165, 1.54) is 4.90 Å². The molecule has 1 heterocycles. The largest absolute Gasteiger partial charge is 0.466 e. The van der Waals surface area contributed by atoms with Crippen molar-refractivity contribution in [3.63, 3.8) is 0 Å². The lowest BCUT2D eigenvalue weighted by molar-refractivity contribution is -0.131. The summed E-state index contributed by atoms with van der Waals surface area (Å²) in [6, 6.07) is 1.70. The third-order valence-electron chi connectivity index (χ3n) is 3.11. The van der Waals surface area contributed by atoms with Crippen molar-refractivity contribution < 1.29 is 14.0 Å². The Kier molecular flexibility index (Phi) is 5.15. The summed E-state index contributed by atoms with van der Waals surface area (Å²) in [5, 5.41) is 0. The normalized spacial score (nSPS) is 10.4. The molecule has 0 saturated heterocycles. The van der Waals surface area contributed by atoms with Crippen molar-refractivity contribution in [1.29, 1.82) is 0 Å². The quantitative estimate of drug-likeness (QED) is 0.817. The number of hydrogen-bond donors (Lipinski definition) is 0. The number of furan rings is 1. The number of carbonyl (C=O) groups excluding carboxylic acids is 2. The van der Waals surface area contributed by atoms with Crippen LogP contribution in [0.3, 0.4) is 0 Å². The predicted molar refractivity (Wildman–Crippen MR) is 73.1 cm³/mol. The second kappa shape index (κ2) is 6.41. The maximum absolute atomic E-state index is 12.2. The summed E-state index contributed by atoms with van der Waals surface area (Å²) in [7, 11) is 1.63. The van der Waals surface area contributed by atoms with E-state index in [2.05, 4.69) is 0 Å². The first-order valence-corrected chi connectivity index (χ1v) is 6.50. The van der Waals surface area contributed by atoms with Crippen molar-refractivity contribution in [3.05, 3.63) is 23.2 Å². The lowest BCUT2D eigenvalue weighted by Gasteiger charge is -2.23. The molecular weight excluding hydrogens is 244 g/mol. The summed E-state index contributed by atoms with van der Waals surface area (Å²) in [4.78, 5) is 27.3. The Bertz CT molecular complexity index is 461. The van der Waals surface area contributed by atoms with Crippen LogP contribution in [0, 0.1) is 13.8 Å². The number of aryl methyl sites for hydroxylation is 2. The third-order valence-corrected chi connectivity index (χ3v) is 3.11. The van der Waals surface area contributed by atoms with Crippen molar-refractivity contribution in [2.75, 3.05) is 26.7 Å². The maximum Gasteiger partial charge on any atom is 0.257 e. The summed E-state index contributed by atoms with van der Waals surface area (Å²) < 4.78 is 5.34. The molecule has 0 spiro atoms. The Labute approximate surface area is 114 Å². The minimum atomic E-state index is -0.185. The van der Waals surface area contributed by atoms with Gasteiger partial charge in [-0.3, -0.25) is 9.59 Å². The number of nitrogens with zero attached hydrogens (tertiary/aromatic N) is 2. The van der Waals surface area contributed by atoms with Crippen LogP contribution >= 0.6 is 0 Å². The molecule has 5 nitrogen and oxygen atoms in total. The molecule has 0 saturated carbocycles. The topological polar surface area (TPSA) is 53.8 Å². The van der Waals surface area contributed by atoms with Crippen LogP contribution in [0.2, 0.25) is 0 Å². The smallest absolute Gasteiger partial charge is 0.257 e. The zero-order chi connectivity index (χ0) is 14.6. The van der Waals surface area contributed by atoms with Crippen molar-refractivity contribution in [2.24, 2.45) is 0 Å². The summed E-state index contributed by atoms with van der Waals surface area (Å²) in [5.74, 6) is 1.06. The van der Waals surface area contributed by atoms with Crippen LogP contribution in [-0.2, 0) is 4.79 Å². The van der Waals surface area contributed by atoms with Gasteiger partial charge in [0.2, 0.25) is 5.91 Å². The lowest BCUT2D eigenvalue weighted by atomic mass is 10.2. The molecule has 1 aromatic heterocycles. The van der Waals surface area contributed by atoms with E-state index in [4.69, 9.17) is 4.42 Å². The van der Waals surface area contributed by atoms with Crippen LogP contribution in [0.1, 0.15) is 35.7 Å². The van der Waals surface area contributed by atoms with Crippen LogP contribution in [0.25, 0.3) is 0 Å². The predicted octanol–water partition coefficient (Wildman–Crippen LogP) is 1.84. The van der Waals surface area contributed by atoms with Gasteiger partial charge in [0.1, 0.15) is 11.5 Å². The number of amides is 2. The summed E-state index contributed by atoms with van der Waals surface area (Å²) in [6.07, 6.45) is 0. The first kappa shape index (κ1) is 15.3. The highest BCUT2D eigenvalue weighted by molar-refractivity contribution is 5.97. The summed E-state index contributed by atoms with van der Waals surface area (Å²) in [6.45, 7) is 8.79. The molecule has 0 N–H and O–H groups in total. The van der Waals surface area contributed by atoms with Gasteiger partial charge in [0.15, 0.2) is 0 Å². The number of hydrogen-bond acceptors (Lipinski definition) is 3. The Hall–Kier alpha value is -1.78. The second-order valence-corrected chi connectivity index (χ2v) is 4.55. The minimum Gasteiger partial charge on any atom is -0.466 e. The van der Waals surface area contributed by atoms with E-state index in [1.54, 1.807) is 31.9 Å². The van der Waals surface area contributed by atoms with E-state index in [0.29, 0.717) is 30.2 Å². The van der Waals surface area contributed by atoms with E-state index in [0.717, 1.165) is 0 Å². The Morgan fingerprint density at radius 3 is 2.21 bits per heavy atom. The van der Waals surface area contributed by atoms with Crippen LogP contribution < -0.4 is 0 Å². The van der Waals surface area contributed by atoms with Crippen molar-refractivity contribution in [3.8, 4) is 0 Å². The van der Waals surface area contributed by atoms with E-state index in [1.807, 2.05) is 13.8 Å². The standard InChI is InChI=1S/C14H22N2O3/c1-6-16(7-2)13(17)9-15(5)14(18)12-8-10(3)19-11(12)4/h8H,6-7,9H2,1-5H3. The highest BCUT2D eigenvalue weighted by atomic mass is 16.3. The van der Waals surface area contributed by atoms with E-state index in [-0.39, 0.29) is 18.4 Å². The van der Waals surface area contributed by atoms with E-state index >= 15 is 0 Å². The minimum absolute atomic E-state index is 0.0429. The van der Waals surface area contributed by atoms with Gasteiger partial charge in [-0.05, 0) is 33.8 Å². The Morgan fingerprint density at radius 1 is 1.21 bits per heavy atom. The van der Waals surface area contributed by atoms with Gasteiger partial charge in [-0.25, -0.2) is 0 Å². The number of carbonyl (C=O) groups is 2. The fraction of sp³-hybridized carbons (Fsp3) is 0.571. The zero-order valence-electron chi connectivity index (χ0n) is 12.3. The van der Waals surface area contributed by atoms with Crippen LogP contribution in [0.5, 0.6) is 0 Å².